The number of carbonyl (C=O) groups is 1. The molecular weight excluding hydrogens is 431 g/mol. The van der Waals surface area contributed by atoms with Crippen LogP contribution >= 0.6 is 0 Å². The highest BCUT2D eigenvalue weighted by molar-refractivity contribution is 5.83. The van der Waals surface area contributed by atoms with Crippen LogP contribution in [-0.2, 0) is 4.79 Å². The Labute approximate surface area is 206 Å². The SMILES string of the molecule is CC[C@@H](C(C)C)[C@H](O)[C@@H](O)[C@@H](C)[C@H]1CC[C@H]2[C@@H]3CC(=O)[C@H]4C[C@H](O)[C@H](F)C[C@]4(C)[C@H]3CC[C@]12C. The van der Waals surface area contributed by atoms with E-state index in [9.17, 15) is 24.5 Å². The summed E-state index contributed by atoms with van der Waals surface area (Å²) < 4.78 is 14.7. The summed E-state index contributed by atoms with van der Waals surface area (Å²) in [7, 11) is 0. The lowest BCUT2D eigenvalue weighted by molar-refractivity contribution is -0.169. The summed E-state index contributed by atoms with van der Waals surface area (Å²) in [5.74, 6) is 1.74. The smallest absolute Gasteiger partial charge is 0.136 e. The van der Waals surface area contributed by atoms with E-state index in [4.69, 9.17) is 0 Å². The van der Waals surface area contributed by atoms with Gasteiger partial charge in [-0.3, -0.25) is 4.79 Å². The van der Waals surface area contributed by atoms with Crippen molar-refractivity contribution in [2.45, 2.75) is 117 Å². The Morgan fingerprint density at radius 3 is 2.29 bits per heavy atom. The molecule has 34 heavy (non-hydrogen) atoms. The Bertz CT molecular complexity index is 756. The van der Waals surface area contributed by atoms with Crippen molar-refractivity contribution in [1.82, 2.24) is 0 Å². The third kappa shape index (κ3) is 4.00. The monoisotopic (exact) mass is 480 g/mol. The topological polar surface area (TPSA) is 77.8 Å². The molecule has 4 fully saturated rings. The van der Waals surface area contributed by atoms with Crippen LogP contribution in [0, 0.1) is 58.2 Å². The largest absolute Gasteiger partial charge is 0.390 e. The minimum atomic E-state index is -1.23. The van der Waals surface area contributed by atoms with E-state index in [0.717, 1.165) is 32.1 Å². The average Bonchev–Trinajstić information content (AvgIpc) is 3.12. The molecule has 5 heteroatoms. The predicted octanol–water partition coefficient (Wildman–Crippen LogP) is 5.17. The zero-order chi connectivity index (χ0) is 25.2. The van der Waals surface area contributed by atoms with Crippen molar-refractivity contribution < 1.29 is 24.5 Å². The number of aliphatic hydroxyl groups excluding tert-OH is 3. The van der Waals surface area contributed by atoms with Gasteiger partial charge in [0, 0.05) is 12.3 Å². The quantitative estimate of drug-likeness (QED) is 0.490. The molecule has 196 valence electrons. The molecular formula is C29H49FO4. The number of fused-ring (bicyclic) bond motifs is 5. The van der Waals surface area contributed by atoms with Crippen LogP contribution in [0.1, 0.15) is 92.9 Å². The van der Waals surface area contributed by atoms with E-state index >= 15 is 0 Å². The number of hydrogen-bond donors (Lipinski definition) is 3. The highest BCUT2D eigenvalue weighted by Gasteiger charge is 2.64. The first kappa shape index (κ1) is 26.5. The Morgan fingerprint density at radius 2 is 1.68 bits per heavy atom. The Kier molecular flexibility index (Phi) is 7.35. The van der Waals surface area contributed by atoms with Crippen LogP contribution in [0.2, 0.25) is 0 Å². The lowest BCUT2D eigenvalue weighted by atomic mass is 9.44. The second-order valence-corrected chi connectivity index (χ2v) is 13.5. The van der Waals surface area contributed by atoms with Crippen molar-refractivity contribution >= 4 is 5.78 Å². The molecule has 0 radical (unpaired) electrons. The van der Waals surface area contributed by atoms with Gasteiger partial charge in [0.25, 0.3) is 0 Å². The van der Waals surface area contributed by atoms with Crippen LogP contribution in [0.4, 0.5) is 4.39 Å². The van der Waals surface area contributed by atoms with Gasteiger partial charge in [-0.25, -0.2) is 4.39 Å². The molecule has 0 spiro atoms. The molecule has 0 aliphatic heterocycles. The van der Waals surface area contributed by atoms with Gasteiger partial charge in [-0.05, 0) is 90.8 Å². The molecule has 4 nitrogen and oxygen atoms in total. The number of ketones is 1. The summed E-state index contributed by atoms with van der Waals surface area (Å²) in [6, 6.07) is 0. The molecule has 4 rings (SSSR count). The lowest BCUT2D eigenvalue weighted by Crippen LogP contribution is -2.59. The van der Waals surface area contributed by atoms with E-state index in [1.54, 1.807) is 0 Å². The molecule has 4 saturated carbocycles. The summed E-state index contributed by atoms with van der Waals surface area (Å²) >= 11 is 0. The van der Waals surface area contributed by atoms with Crippen LogP contribution in [0.25, 0.3) is 0 Å². The van der Waals surface area contributed by atoms with Gasteiger partial charge >= 0.3 is 0 Å². The number of rotatable bonds is 6. The van der Waals surface area contributed by atoms with Crippen LogP contribution < -0.4 is 0 Å². The van der Waals surface area contributed by atoms with E-state index < -0.39 is 24.5 Å². The number of Topliss-reactive ketones (excluding diaryl/α,β-unsaturated/α-hetero) is 1. The molecule has 0 aromatic carbocycles. The fraction of sp³-hybridized carbons (Fsp3) is 0.966. The first-order chi connectivity index (χ1) is 15.9. The first-order valence-corrected chi connectivity index (χ1v) is 14.1. The number of hydrogen-bond acceptors (Lipinski definition) is 4. The standard InChI is InChI=1S/C29H49FO4/c1-7-17(15(2)3)27(34)26(33)16(4)19-8-9-20-18-12-24(31)22-13-25(32)23(30)14-29(22,6)21(18)10-11-28(19,20)5/h15-23,25-27,32-34H,7-14H2,1-6H3/t16-,17-,18-,19+,20-,21-,22+,23+,25-,26-,27-,28+,29+/m0/s1. The molecule has 4 aliphatic rings. The van der Waals surface area contributed by atoms with Crippen LogP contribution in [0.15, 0.2) is 0 Å². The van der Waals surface area contributed by atoms with Crippen molar-refractivity contribution in [1.29, 1.82) is 0 Å². The van der Waals surface area contributed by atoms with Gasteiger partial charge in [0.1, 0.15) is 12.0 Å². The molecule has 0 heterocycles. The van der Waals surface area contributed by atoms with Crippen molar-refractivity contribution in [3.63, 3.8) is 0 Å². The van der Waals surface area contributed by atoms with E-state index in [2.05, 4.69) is 41.5 Å². The van der Waals surface area contributed by atoms with Gasteiger partial charge in [0.05, 0.1) is 18.3 Å². The predicted molar refractivity (Wildman–Crippen MR) is 132 cm³/mol. The molecule has 0 unspecified atom stereocenters. The highest BCUT2D eigenvalue weighted by Crippen LogP contribution is 2.68. The van der Waals surface area contributed by atoms with Crippen LogP contribution in [0.3, 0.4) is 0 Å². The summed E-state index contributed by atoms with van der Waals surface area (Å²) in [6.07, 6.45) is 2.39. The second kappa shape index (κ2) is 9.41. The maximum Gasteiger partial charge on any atom is 0.136 e. The lowest BCUT2D eigenvalue weighted by Gasteiger charge is -2.60. The molecule has 0 aromatic heterocycles. The van der Waals surface area contributed by atoms with E-state index in [-0.39, 0.29) is 46.7 Å². The average molecular weight is 481 g/mol. The highest BCUT2D eigenvalue weighted by atomic mass is 19.1. The maximum absolute atomic E-state index is 14.7. The summed E-state index contributed by atoms with van der Waals surface area (Å²) in [6.45, 7) is 12.9. The minimum absolute atomic E-state index is 0.00275. The number of alkyl halides is 1. The molecule has 0 aromatic rings. The van der Waals surface area contributed by atoms with E-state index in [1.807, 2.05) is 0 Å². The van der Waals surface area contributed by atoms with Crippen molar-refractivity contribution in [3.8, 4) is 0 Å². The molecule has 13 atom stereocenters. The summed E-state index contributed by atoms with van der Waals surface area (Å²) in [5, 5.41) is 32.4. The van der Waals surface area contributed by atoms with Crippen molar-refractivity contribution in [3.05, 3.63) is 0 Å². The van der Waals surface area contributed by atoms with Crippen molar-refractivity contribution in [2.24, 2.45) is 58.2 Å². The first-order valence-electron chi connectivity index (χ1n) is 14.1. The van der Waals surface area contributed by atoms with Crippen LogP contribution in [-0.4, -0.2) is 45.6 Å². The third-order valence-electron chi connectivity index (χ3n) is 11.8. The zero-order valence-electron chi connectivity index (χ0n) is 22.2. The van der Waals surface area contributed by atoms with E-state index in [1.165, 1.54) is 0 Å². The van der Waals surface area contributed by atoms with Gasteiger partial charge < -0.3 is 15.3 Å². The number of carbonyl (C=O) groups excluding carboxylic acids is 1. The number of aliphatic hydroxyl groups is 3. The van der Waals surface area contributed by atoms with Gasteiger partial charge in [-0.15, -0.1) is 0 Å². The zero-order valence-corrected chi connectivity index (χ0v) is 22.2. The Balaban J connectivity index is 1.55. The number of halogens is 1. The molecule has 0 amide bonds. The second-order valence-electron chi connectivity index (χ2n) is 13.5. The van der Waals surface area contributed by atoms with Gasteiger partial charge in [-0.2, -0.15) is 0 Å². The Morgan fingerprint density at radius 1 is 1.03 bits per heavy atom. The molecule has 3 N–H and O–H groups in total. The van der Waals surface area contributed by atoms with E-state index in [0.29, 0.717) is 36.5 Å². The van der Waals surface area contributed by atoms with Crippen molar-refractivity contribution in [2.75, 3.05) is 0 Å². The third-order valence-corrected chi connectivity index (χ3v) is 11.8. The van der Waals surface area contributed by atoms with Gasteiger partial charge in [-0.1, -0.05) is 48.0 Å². The molecule has 0 saturated heterocycles. The van der Waals surface area contributed by atoms with Gasteiger partial charge in [0.2, 0.25) is 0 Å². The fourth-order valence-corrected chi connectivity index (χ4v) is 9.85. The fourth-order valence-electron chi connectivity index (χ4n) is 9.85. The summed E-state index contributed by atoms with van der Waals surface area (Å²) in [4.78, 5) is 13.3. The minimum Gasteiger partial charge on any atom is -0.390 e. The maximum atomic E-state index is 14.7. The Hall–Kier alpha value is -0.520. The van der Waals surface area contributed by atoms with Crippen LogP contribution in [0.5, 0.6) is 0 Å². The molecule has 4 aliphatic carbocycles. The molecule has 0 bridgehead atoms. The summed E-state index contributed by atoms with van der Waals surface area (Å²) in [5.41, 5.74) is -0.321. The van der Waals surface area contributed by atoms with Gasteiger partial charge in [0.15, 0.2) is 0 Å². The normalized spacial score (nSPS) is 48.0.